The first-order valence-corrected chi connectivity index (χ1v) is 7.46. The molecule has 0 aromatic heterocycles. The highest BCUT2D eigenvalue weighted by Gasteiger charge is 2.21. The molecule has 1 amide bonds. The quantitative estimate of drug-likeness (QED) is 0.936. The lowest BCUT2D eigenvalue weighted by molar-refractivity contribution is 0.100. The van der Waals surface area contributed by atoms with Gasteiger partial charge >= 0.3 is 0 Å². The van der Waals surface area contributed by atoms with Crippen LogP contribution in [-0.4, -0.2) is 19.0 Å². The van der Waals surface area contributed by atoms with Crippen LogP contribution < -0.4 is 10.6 Å². The molecule has 0 bridgehead atoms. The Kier molecular flexibility index (Phi) is 3.91. The number of nitrogens with two attached hydrogens (primary N) is 1. The van der Waals surface area contributed by atoms with Gasteiger partial charge in [-0.3, -0.25) is 4.79 Å². The summed E-state index contributed by atoms with van der Waals surface area (Å²) in [7, 11) is 0. The van der Waals surface area contributed by atoms with Crippen molar-refractivity contribution in [2.24, 2.45) is 5.73 Å². The van der Waals surface area contributed by atoms with E-state index in [1.165, 1.54) is 24.0 Å². The average Bonchev–Trinajstić information content (AvgIpc) is 3.02. The largest absolute Gasteiger partial charge is 0.371 e. The first kappa shape index (κ1) is 13.7. The minimum Gasteiger partial charge on any atom is -0.371 e. The second kappa shape index (κ2) is 6.00. The van der Waals surface area contributed by atoms with Crippen molar-refractivity contribution in [1.82, 2.24) is 0 Å². The molecule has 21 heavy (non-hydrogen) atoms. The molecule has 1 aliphatic heterocycles. The third-order valence-corrected chi connectivity index (χ3v) is 4.04. The van der Waals surface area contributed by atoms with Crippen molar-refractivity contribution >= 4 is 11.6 Å². The number of carbonyl (C=O) groups excluding carboxylic acids is 1. The molecule has 3 nitrogen and oxygen atoms in total. The number of hydrogen-bond donors (Lipinski definition) is 1. The highest BCUT2D eigenvalue weighted by atomic mass is 16.1. The van der Waals surface area contributed by atoms with Crippen LogP contribution in [0, 0.1) is 0 Å². The molecule has 1 heterocycles. The number of hydrogen-bond acceptors (Lipinski definition) is 2. The lowest BCUT2D eigenvalue weighted by Gasteiger charge is -2.24. The van der Waals surface area contributed by atoms with Gasteiger partial charge in [-0.2, -0.15) is 0 Å². The summed E-state index contributed by atoms with van der Waals surface area (Å²) in [6.45, 7) is 2.01. The zero-order chi connectivity index (χ0) is 14.7. The fourth-order valence-electron chi connectivity index (χ4n) is 3.06. The maximum absolute atomic E-state index is 11.8. The highest BCUT2D eigenvalue weighted by molar-refractivity contribution is 5.99. The number of para-hydroxylation sites is 1. The summed E-state index contributed by atoms with van der Waals surface area (Å²) in [6, 6.07) is 16.2. The summed E-state index contributed by atoms with van der Waals surface area (Å²) in [4.78, 5) is 14.1. The van der Waals surface area contributed by atoms with Crippen molar-refractivity contribution in [3.8, 4) is 0 Å². The minimum atomic E-state index is -0.341. The molecule has 0 aliphatic carbocycles. The molecule has 0 spiro atoms. The van der Waals surface area contributed by atoms with Gasteiger partial charge in [0.2, 0.25) is 0 Å². The van der Waals surface area contributed by atoms with E-state index in [2.05, 4.69) is 23.1 Å². The number of carbonyl (C=O) groups is 1. The Morgan fingerprint density at radius 1 is 1.00 bits per heavy atom. The standard InChI is InChI=1S/C18H20N2O/c19-18(21)16-10-6-9-15(13-14-7-2-1-3-8-14)17(16)20-11-4-5-12-20/h1-3,6-10H,4-5,11-13H2,(H2,19,21). The Morgan fingerprint density at radius 2 is 1.71 bits per heavy atom. The van der Waals surface area contributed by atoms with E-state index >= 15 is 0 Å². The van der Waals surface area contributed by atoms with Gasteiger partial charge in [0.1, 0.15) is 0 Å². The third-order valence-electron chi connectivity index (χ3n) is 4.04. The molecule has 2 aromatic carbocycles. The van der Waals surface area contributed by atoms with Crippen LogP contribution in [0.15, 0.2) is 48.5 Å². The third kappa shape index (κ3) is 2.92. The van der Waals surface area contributed by atoms with Crippen LogP contribution in [0.4, 0.5) is 5.69 Å². The van der Waals surface area contributed by atoms with E-state index in [0.29, 0.717) is 5.56 Å². The molecular formula is C18H20N2O. The monoisotopic (exact) mass is 280 g/mol. The molecule has 0 saturated carbocycles. The second-order valence-corrected chi connectivity index (χ2v) is 5.53. The van der Waals surface area contributed by atoms with Gasteiger partial charge < -0.3 is 10.6 Å². The number of anilines is 1. The molecule has 0 unspecified atom stereocenters. The first-order valence-electron chi connectivity index (χ1n) is 7.46. The average molecular weight is 280 g/mol. The summed E-state index contributed by atoms with van der Waals surface area (Å²) in [5, 5.41) is 0. The van der Waals surface area contributed by atoms with Crippen molar-refractivity contribution in [3.63, 3.8) is 0 Å². The van der Waals surface area contributed by atoms with E-state index in [0.717, 1.165) is 25.2 Å². The van der Waals surface area contributed by atoms with Gasteiger partial charge in [0.05, 0.1) is 11.3 Å². The van der Waals surface area contributed by atoms with Crippen LogP contribution in [0.5, 0.6) is 0 Å². The molecule has 3 rings (SSSR count). The molecule has 108 valence electrons. The maximum atomic E-state index is 11.8. The molecule has 1 fully saturated rings. The summed E-state index contributed by atoms with van der Waals surface area (Å²) in [6.07, 6.45) is 3.18. The van der Waals surface area contributed by atoms with Gasteiger partial charge in [-0.15, -0.1) is 0 Å². The smallest absolute Gasteiger partial charge is 0.250 e. The fourth-order valence-corrected chi connectivity index (χ4v) is 3.06. The lowest BCUT2D eigenvalue weighted by Crippen LogP contribution is -2.24. The van der Waals surface area contributed by atoms with Crippen LogP contribution in [0.25, 0.3) is 0 Å². The number of primary amides is 1. The maximum Gasteiger partial charge on any atom is 0.250 e. The molecule has 2 N–H and O–H groups in total. The van der Waals surface area contributed by atoms with E-state index in [-0.39, 0.29) is 5.91 Å². The summed E-state index contributed by atoms with van der Waals surface area (Å²) >= 11 is 0. The van der Waals surface area contributed by atoms with Crippen molar-refractivity contribution < 1.29 is 4.79 Å². The van der Waals surface area contributed by atoms with E-state index in [1.54, 1.807) is 0 Å². The van der Waals surface area contributed by atoms with E-state index < -0.39 is 0 Å². The van der Waals surface area contributed by atoms with Crippen LogP contribution in [0.3, 0.4) is 0 Å². The summed E-state index contributed by atoms with van der Waals surface area (Å²) in [5.41, 5.74) is 9.69. The number of rotatable bonds is 4. The molecule has 0 radical (unpaired) electrons. The van der Waals surface area contributed by atoms with Crippen molar-refractivity contribution in [3.05, 3.63) is 65.2 Å². The molecule has 1 aliphatic rings. The topological polar surface area (TPSA) is 46.3 Å². The first-order chi connectivity index (χ1) is 10.3. The predicted molar refractivity (Wildman–Crippen MR) is 85.7 cm³/mol. The molecule has 1 saturated heterocycles. The lowest BCUT2D eigenvalue weighted by atomic mass is 9.99. The van der Waals surface area contributed by atoms with Gasteiger partial charge in [-0.05, 0) is 36.5 Å². The van der Waals surface area contributed by atoms with Gasteiger partial charge in [-0.1, -0.05) is 42.5 Å². The van der Waals surface area contributed by atoms with Crippen LogP contribution in [0.1, 0.15) is 34.3 Å². The summed E-state index contributed by atoms with van der Waals surface area (Å²) in [5.74, 6) is -0.341. The van der Waals surface area contributed by atoms with Crippen molar-refractivity contribution in [1.29, 1.82) is 0 Å². The molecule has 2 aromatic rings. The predicted octanol–water partition coefficient (Wildman–Crippen LogP) is 2.98. The molecular weight excluding hydrogens is 260 g/mol. The Labute approximate surface area is 125 Å². The second-order valence-electron chi connectivity index (χ2n) is 5.53. The summed E-state index contributed by atoms with van der Waals surface area (Å²) < 4.78 is 0. The number of benzene rings is 2. The van der Waals surface area contributed by atoms with Gasteiger partial charge in [0, 0.05) is 13.1 Å². The van der Waals surface area contributed by atoms with Crippen LogP contribution in [0.2, 0.25) is 0 Å². The van der Waals surface area contributed by atoms with Crippen LogP contribution >= 0.6 is 0 Å². The zero-order valence-electron chi connectivity index (χ0n) is 12.1. The fraction of sp³-hybridized carbons (Fsp3) is 0.278. The van der Waals surface area contributed by atoms with E-state index in [1.807, 2.05) is 30.3 Å². The SMILES string of the molecule is NC(=O)c1cccc(Cc2ccccc2)c1N1CCCC1. The molecule has 0 atom stereocenters. The minimum absolute atomic E-state index is 0.341. The Hall–Kier alpha value is -2.29. The zero-order valence-corrected chi connectivity index (χ0v) is 12.1. The molecule has 3 heteroatoms. The van der Waals surface area contributed by atoms with Crippen LogP contribution in [-0.2, 0) is 6.42 Å². The Balaban J connectivity index is 2.02. The van der Waals surface area contributed by atoms with Crippen molar-refractivity contribution in [2.75, 3.05) is 18.0 Å². The Morgan fingerprint density at radius 3 is 2.38 bits per heavy atom. The van der Waals surface area contributed by atoms with Crippen molar-refractivity contribution in [2.45, 2.75) is 19.3 Å². The van der Waals surface area contributed by atoms with Gasteiger partial charge in [-0.25, -0.2) is 0 Å². The van der Waals surface area contributed by atoms with E-state index in [9.17, 15) is 4.79 Å². The number of amides is 1. The van der Waals surface area contributed by atoms with E-state index in [4.69, 9.17) is 5.73 Å². The normalized spacial score (nSPS) is 14.4. The number of nitrogens with zero attached hydrogens (tertiary/aromatic N) is 1. The van der Waals surface area contributed by atoms with Gasteiger partial charge in [0.15, 0.2) is 0 Å². The van der Waals surface area contributed by atoms with Gasteiger partial charge in [0.25, 0.3) is 5.91 Å². The highest BCUT2D eigenvalue weighted by Crippen LogP contribution is 2.30. The Bertz CT molecular complexity index is 631.